The van der Waals surface area contributed by atoms with Crippen LogP contribution in [0.5, 0.6) is 23.0 Å². The van der Waals surface area contributed by atoms with Crippen molar-refractivity contribution in [2.24, 2.45) is 16.0 Å². The highest BCUT2D eigenvalue weighted by Gasteiger charge is 2.36. The third-order valence-electron chi connectivity index (χ3n) is 5.26. The van der Waals surface area contributed by atoms with E-state index in [1.54, 1.807) is 25.3 Å². The third-order valence-corrected chi connectivity index (χ3v) is 6.75. The molecule has 0 unspecified atom stereocenters. The summed E-state index contributed by atoms with van der Waals surface area (Å²) in [4.78, 5) is 16.8. The lowest BCUT2D eigenvalue weighted by Crippen LogP contribution is -2.35. The van der Waals surface area contributed by atoms with E-state index in [1.165, 1.54) is 16.8 Å². The number of hydrogen-bond donors (Lipinski definition) is 1. The van der Waals surface area contributed by atoms with Gasteiger partial charge in [0.1, 0.15) is 29.8 Å². The number of amides is 1. The van der Waals surface area contributed by atoms with Gasteiger partial charge in [-0.15, -0.1) is 0 Å². The summed E-state index contributed by atoms with van der Waals surface area (Å²) in [6, 6.07) is 10.6. The summed E-state index contributed by atoms with van der Waals surface area (Å²) < 4.78 is 22.5. The summed E-state index contributed by atoms with van der Waals surface area (Å²) in [5.41, 5.74) is 0.681. The Kier molecular flexibility index (Phi) is 8.40. The lowest BCUT2D eigenvalue weighted by Gasteiger charge is -2.20. The molecule has 0 fully saturated rings. The molecule has 0 aromatic heterocycles. The van der Waals surface area contributed by atoms with Crippen LogP contribution in [-0.2, 0) is 4.79 Å². The molecule has 2 heterocycles. The van der Waals surface area contributed by atoms with Gasteiger partial charge in [0.25, 0.3) is 5.91 Å². The number of aliphatic imine (C=N–C) groups is 1. The molecule has 2 aromatic rings. The first-order chi connectivity index (χ1) is 17.8. The normalized spacial score (nSPS) is 16.1. The summed E-state index contributed by atoms with van der Waals surface area (Å²) in [6.45, 7) is 6.75. The summed E-state index contributed by atoms with van der Waals surface area (Å²) >= 11 is 7.85. The SMILES string of the molecule is CCOc1cc(C=C2C(=N)N3N=C(C(C)C)SC3=NC2=O)cc(Cl)c1OCCOc1ccc(OC)cc1. The molecule has 0 spiro atoms. The Morgan fingerprint density at radius 3 is 2.49 bits per heavy atom. The van der Waals surface area contributed by atoms with E-state index in [0.717, 1.165) is 10.8 Å². The quantitative estimate of drug-likeness (QED) is 0.313. The number of hydrazone groups is 1. The van der Waals surface area contributed by atoms with Gasteiger partial charge >= 0.3 is 0 Å². The molecule has 0 radical (unpaired) electrons. The van der Waals surface area contributed by atoms with E-state index >= 15 is 0 Å². The lowest BCUT2D eigenvalue weighted by atomic mass is 10.1. The number of benzene rings is 2. The molecule has 1 N–H and O–H groups in total. The van der Waals surface area contributed by atoms with Crippen LogP contribution in [0.1, 0.15) is 26.3 Å². The molecule has 0 bridgehead atoms. The Morgan fingerprint density at radius 1 is 1.11 bits per heavy atom. The van der Waals surface area contributed by atoms with Crippen molar-refractivity contribution in [3.63, 3.8) is 0 Å². The molecule has 9 nitrogen and oxygen atoms in total. The molecule has 0 saturated heterocycles. The number of hydrogen-bond acceptors (Lipinski definition) is 8. The number of carbonyl (C=O) groups excluding carboxylic acids is 1. The molecular weight excluding hydrogens is 516 g/mol. The molecule has 2 aromatic carbocycles. The van der Waals surface area contributed by atoms with Gasteiger partial charge in [-0.2, -0.15) is 15.1 Å². The maximum Gasteiger partial charge on any atom is 0.283 e. The Bertz CT molecular complexity index is 1290. The number of halogens is 1. The first-order valence-corrected chi connectivity index (χ1v) is 12.9. The van der Waals surface area contributed by atoms with E-state index in [2.05, 4.69) is 10.1 Å². The zero-order valence-electron chi connectivity index (χ0n) is 20.9. The van der Waals surface area contributed by atoms with E-state index < -0.39 is 5.91 Å². The van der Waals surface area contributed by atoms with Gasteiger partial charge in [-0.1, -0.05) is 25.4 Å². The summed E-state index contributed by atoms with van der Waals surface area (Å²) in [6.07, 6.45) is 1.56. The van der Waals surface area contributed by atoms with Crippen molar-refractivity contribution in [1.29, 1.82) is 5.41 Å². The number of carbonyl (C=O) groups is 1. The first kappa shape index (κ1) is 26.6. The fraction of sp³-hybridized carbons (Fsp3) is 0.308. The zero-order valence-corrected chi connectivity index (χ0v) is 22.5. The molecule has 0 atom stereocenters. The monoisotopic (exact) mass is 542 g/mol. The highest BCUT2D eigenvalue weighted by atomic mass is 35.5. The molecule has 2 aliphatic heterocycles. The number of nitrogens with zero attached hydrogens (tertiary/aromatic N) is 3. The summed E-state index contributed by atoms with van der Waals surface area (Å²) in [5, 5.41) is 15.9. The minimum absolute atomic E-state index is 0.0387. The number of methoxy groups -OCH3 is 1. The molecule has 4 rings (SSSR count). The number of amidine groups is 2. The van der Waals surface area contributed by atoms with Gasteiger partial charge < -0.3 is 18.9 Å². The Morgan fingerprint density at radius 2 is 1.81 bits per heavy atom. The maximum atomic E-state index is 12.7. The second-order valence-corrected chi connectivity index (χ2v) is 9.64. The number of thioether (sulfide) groups is 1. The van der Waals surface area contributed by atoms with Gasteiger partial charge in [0.15, 0.2) is 17.3 Å². The molecule has 37 heavy (non-hydrogen) atoms. The van der Waals surface area contributed by atoms with Crippen molar-refractivity contribution < 1.29 is 23.7 Å². The van der Waals surface area contributed by atoms with Gasteiger partial charge in [0.05, 0.1) is 24.3 Å². The first-order valence-electron chi connectivity index (χ1n) is 11.7. The van der Waals surface area contributed by atoms with Crippen LogP contribution in [0.15, 0.2) is 52.1 Å². The van der Waals surface area contributed by atoms with Crippen LogP contribution in [-0.4, -0.2) is 53.9 Å². The molecule has 194 valence electrons. The van der Waals surface area contributed by atoms with Crippen molar-refractivity contribution in [2.45, 2.75) is 20.8 Å². The second-order valence-electron chi connectivity index (χ2n) is 8.25. The van der Waals surface area contributed by atoms with E-state index in [9.17, 15) is 4.79 Å². The minimum atomic E-state index is -0.506. The Labute approximate surface area is 224 Å². The average molecular weight is 543 g/mol. The van der Waals surface area contributed by atoms with E-state index in [1.807, 2.05) is 45.0 Å². The molecule has 1 amide bonds. The van der Waals surface area contributed by atoms with Gasteiger partial charge in [0, 0.05) is 5.92 Å². The molecule has 2 aliphatic rings. The standard InChI is InChI=1S/C26H27ClN4O5S/c1-5-34-21-14-16(12-19-23(28)31-26(29-24(19)32)37-25(30-31)15(2)3)13-20(27)22(21)36-11-10-35-18-8-6-17(33-4)7-9-18/h6-9,12-15,28H,5,10-11H2,1-4H3. The van der Waals surface area contributed by atoms with Crippen LogP contribution in [0.2, 0.25) is 5.02 Å². The van der Waals surface area contributed by atoms with Crippen LogP contribution in [0.4, 0.5) is 0 Å². The predicted molar refractivity (Wildman–Crippen MR) is 146 cm³/mol. The smallest absolute Gasteiger partial charge is 0.283 e. The fourth-order valence-corrected chi connectivity index (χ4v) is 4.62. The maximum absolute atomic E-state index is 12.7. The largest absolute Gasteiger partial charge is 0.497 e. The van der Waals surface area contributed by atoms with E-state index in [4.69, 9.17) is 36.0 Å². The van der Waals surface area contributed by atoms with Crippen LogP contribution in [0, 0.1) is 11.3 Å². The predicted octanol–water partition coefficient (Wildman–Crippen LogP) is 5.48. The van der Waals surface area contributed by atoms with Crippen LogP contribution in [0.3, 0.4) is 0 Å². The fourth-order valence-electron chi connectivity index (χ4n) is 3.46. The number of fused-ring (bicyclic) bond motifs is 1. The number of rotatable bonds is 10. The van der Waals surface area contributed by atoms with Crippen molar-refractivity contribution in [1.82, 2.24) is 5.01 Å². The van der Waals surface area contributed by atoms with Crippen LogP contribution in [0.25, 0.3) is 6.08 Å². The van der Waals surface area contributed by atoms with Crippen molar-refractivity contribution >= 4 is 51.4 Å². The highest BCUT2D eigenvalue weighted by molar-refractivity contribution is 8.27. The molecule has 0 aliphatic carbocycles. The summed E-state index contributed by atoms with van der Waals surface area (Å²) in [7, 11) is 1.61. The van der Waals surface area contributed by atoms with Crippen LogP contribution >= 0.6 is 23.4 Å². The van der Waals surface area contributed by atoms with Gasteiger partial charge in [-0.25, -0.2) is 0 Å². The lowest BCUT2D eigenvalue weighted by molar-refractivity contribution is -0.114. The minimum Gasteiger partial charge on any atom is -0.497 e. The van der Waals surface area contributed by atoms with Gasteiger partial charge in [-0.3, -0.25) is 10.2 Å². The van der Waals surface area contributed by atoms with E-state index in [0.29, 0.717) is 46.2 Å². The average Bonchev–Trinajstić information content (AvgIpc) is 3.31. The van der Waals surface area contributed by atoms with Crippen molar-refractivity contribution in [3.05, 3.63) is 52.6 Å². The molecular formula is C26H27ClN4O5S. The van der Waals surface area contributed by atoms with Gasteiger partial charge in [0.2, 0.25) is 5.17 Å². The summed E-state index contributed by atoms with van der Waals surface area (Å²) in [5.74, 6) is 1.84. The number of nitrogens with one attached hydrogen (secondary N) is 1. The second kappa shape index (κ2) is 11.7. The van der Waals surface area contributed by atoms with Crippen molar-refractivity contribution in [3.8, 4) is 23.0 Å². The van der Waals surface area contributed by atoms with E-state index in [-0.39, 0.29) is 23.9 Å². The topological polar surface area (TPSA) is 106 Å². The zero-order chi connectivity index (χ0) is 26.5. The van der Waals surface area contributed by atoms with Crippen LogP contribution < -0.4 is 18.9 Å². The molecule has 0 saturated carbocycles. The van der Waals surface area contributed by atoms with Crippen molar-refractivity contribution in [2.75, 3.05) is 26.9 Å². The molecule has 11 heteroatoms. The third kappa shape index (κ3) is 6.08. The highest BCUT2D eigenvalue weighted by Crippen LogP contribution is 2.38. The Balaban J connectivity index is 1.49. The number of ether oxygens (including phenoxy) is 4. The van der Waals surface area contributed by atoms with Gasteiger partial charge in [-0.05, 0) is 66.7 Å². The Hall–Kier alpha value is -3.50.